The van der Waals surface area contributed by atoms with Crippen LogP contribution in [0.3, 0.4) is 0 Å². The first-order chi connectivity index (χ1) is 17.1. The molecule has 1 aromatic heterocycles. The topological polar surface area (TPSA) is 78.4 Å². The average Bonchev–Trinajstić information content (AvgIpc) is 3.27. The number of likely N-dealkylation sites (N-methyl/N-ethyl adjacent to an activating group) is 1. The molecule has 0 spiro atoms. The minimum Gasteiger partial charge on any atom is -0.497 e. The summed E-state index contributed by atoms with van der Waals surface area (Å²) in [6.45, 7) is 9.61. The zero-order chi connectivity index (χ0) is 24.6. The fourth-order valence-corrected chi connectivity index (χ4v) is 4.59. The minimum absolute atomic E-state index is 0.0138. The number of nitrogens with one attached hydrogen (secondary N) is 2. The van der Waals surface area contributed by atoms with Crippen LogP contribution in [-0.2, 0) is 24.4 Å². The normalized spacial score (nSPS) is 14.7. The van der Waals surface area contributed by atoms with Gasteiger partial charge in [0, 0.05) is 57.8 Å². The highest BCUT2D eigenvalue weighted by Crippen LogP contribution is 2.21. The largest absolute Gasteiger partial charge is 0.497 e. The molecule has 1 saturated heterocycles. The Bertz CT molecular complexity index is 1170. The number of carbonyl (C=O) groups excluding carboxylic acids is 1. The van der Waals surface area contributed by atoms with Crippen molar-refractivity contribution in [2.45, 2.75) is 33.0 Å². The van der Waals surface area contributed by atoms with Crippen LogP contribution in [0.2, 0.25) is 0 Å². The van der Waals surface area contributed by atoms with Gasteiger partial charge in [-0.2, -0.15) is 5.10 Å². The van der Waals surface area contributed by atoms with Crippen molar-refractivity contribution in [3.8, 4) is 17.1 Å². The van der Waals surface area contributed by atoms with Crippen molar-refractivity contribution in [1.82, 2.24) is 29.9 Å². The molecule has 186 valence electrons. The van der Waals surface area contributed by atoms with E-state index in [4.69, 9.17) is 17.0 Å². The molecule has 8 nitrogen and oxygen atoms in total. The number of rotatable bonds is 10. The number of benzene rings is 2. The summed E-state index contributed by atoms with van der Waals surface area (Å²) in [5, 5.41) is 10.3. The number of H-pyrrole nitrogens is 1. The number of amides is 1. The highest BCUT2D eigenvalue weighted by atomic mass is 32.1. The second-order valence-corrected chi connectivity index (χ2v) is 9.13. The summed E-state index contributed by atoms with van der Waals surface area (Å²) in [5.74, 6) is 1.47. The van der Waals surface area contributed by atoms with Crippen molar-refractivity contribution in [3.05, 3.63) is 64.4 Å². The van der Waals surface area contributed by atoms with Crippen LogP contribution in [0, 0.1) is 4.77 Å². The van der Waals surface area contributed by atoms with E-state index in [0.717, 1.165) is 56.1 Å². The van der Waals surface area contributed by atoms with Crippen molar-refractivity contribution in [2.24, 2.45) is 0 Å². The lowest BCUT2D eigenvalue weighted by Gasteiger charge is -2.34. The number of piperazine rings is 1. The Labute approximate surface area is 211 Å². The molecule has 0 unspecified atom stereocenters. The highest BCUT2D eigenvalue weighted by molar-refractivity contribution is 7.71. The van der Waals surface area contributed by atoms with Crippen LogP contribution in [0.25, 0.3) is 11.4 Å². The van der Waals surface area contributed by atoms with Gasteiger partial charge in [-0.1, -0.05) is 31.2 Å². The van der Waals surface area contributed by atoms with Gasteiger partial charge in [-0.05, 0) is 54.2 Å². The number of aromatic nitrogens is 3. The number of methoxy groups -OCH3 is 1. The second-order valence-electron chi connectivity index (χ2n) is 8.74. The van der Waals surface area contributed by atoms with E-state index >= 15 is 0 Å². The second kappa shape index (κ2) is 12.1. The van der Waals surface area contributed by atoms with Crippen LogP contribution in [0.4, 0.5) is 0 Å². The van der Waals surface area contributed by atoms with E-state index in [9.17, 15) is 4.79 Å². The number of aromatic amines is 1. The molecule has 0 radical (unpaired) electrons. The van der Waals surface area contributed by atoms with Gasteiger partial charge in [-0.3, -0.25) is 19.4 Å². The predicted molar refractivity (Wildman–Crippen MR) is 140 cm³/mol. The van der Waals surface area contributed by atoms with E-state index in [1.54, 1.807) is 7.11 Å². The van der Waals surface area contributed by atoms with Crippen LogP contribution in [0.1, 0.15) is 24.5 Å². The van der Waals surface area contributed by atoms with Gasteiger partial charge in [-0.25, -0.2) is 0 Å². The summed E-state index contributed by atoms with van der Waals surface area (Å²) in [6, 6.07) is 16.0. The van der Waals surface area contributed by atoms with Gasteiger partial charge >= 0.3 is 0 Å². The molecule has 2 aromatic carbocycles. The Hall–Kier alpha value is -3.01. The van der Waals surface area contributed by atoms with Crippen molar-refractivity contribution >= 4 is 18.1 Å². The molecule has 0 aliphatic carbocycles. The maximum Gasteiger partial charge on any atom is 0.222 e. The Morgan fingerprint density at radius 1 is 1.06 bits per heavy atom. The molecule has 0 atom stereocenters. The van der Waals surface area contributed by atoms with E-state index in [0.29, 0.717) is 30.1 Å². The zero-order valence-electron chi connectivity index (χ0n) is 20.5. The van der Waals surface area contributed by atoms with Crippen LogP contribution in [-0.4, -0.2) is 70.3 Å². The lowest BCUT2D eigenvalue weighted by molar-refractivity contribution is -0.121. The lowest BCUT2D eigenvalue weighted by atomic mass is 10.1. The van der Waals surface area contributed by atoms with Crippen molar-refractivity contribution in [3.63, 3.8) is 0 Å². The Morgan fingerprint density at radius 2 is 1.74 bits per heavy atom. The molecule has 2 N–H and O–H groups in total. The number of ether oxygens (including phenoxy) is 1. The van der Waals surface area contributed by atoms with Gasteiger partial charge in [-0.15, -0.1) is 0 Å². The molecular formula is C26H34N6O2S. The van der Waals surface area contributed by atoms with E-state index in [1.807, 2.05) is 34.9 Å². The summed E-state index contributed by atoms with van der Waals surface area (Å²) in [5.41, 5.74) is 3.35. The monoisotopic (exact) mass is 494 g/mol. The molecule has 4 rings (SSSR count). The fourth-order valence-electron chi connectivity index (χ4n) is 4.37. The van der Waals surface area contributed by atoms with Crippen molar-refractivity contribution in [1.29, 1.82) is 0 Å². The molecule has 0 saturated carbocycles. The molecule has 2 heterocycles. The first-order valence-electron chi connectivity index (χ1n) is 12.1. The van der Waals surface area contributed by atoms with E-state index < -0.39 is 0 Å². The van der Waals surface area contributed by atoms with Crippen LogP contribution < -0.4 is 10.1 Å². The average molecular weight is 495 g/mol. The third kappa shape index (κ3) is 6.56. The number of carbonyl (C=O) groups is 1. The lowest BCUT2D eigenvalue weighted by Crippen LogP contribution is -2.45. The molecular weight excluding hydrogens is 460 g/mol. The highest BCUT2D eigenvalue weighted by Gasteiger charge is 2.17. The Balaban J connectivity index is 1.32. The standard InChI is InChI=1S/C26H34N6O2S/c1-3-30-14-16-31(17-15-30)19-22-7-5-4-6-21(22)18-27-24(33)12-13-32-25(28-29-26(32)35)20-8-10-23(34-2)11-9-20/h4-11H,3,12-19H2,1-2H3,(H,27,33)(H,29,35). The molecule has 3 aromatic rings. The van der Waals surface area contributed by atoms with Crippen LogP contribution in [0.15, 0.2) is 48.5 Å². The van der Waals surface area contributed by atoms with Crippen molar-refractivity contribution in [2.75, 3.05) is 39.8 Å². The van der Waals surface area contributed by atoms with Gasteiger partial charge in [0.1, 0.15) is 5.75 Å². The number of hydrogen-bond acceptors (Lipinski definition) is 6. The maximum absolute atomic E-state index is 12.7. The maximum atomic E-state index is 12.7. The molecule has 1 aliphatic heterocycles. The Morgan fingerprint density at radius 3 is 2.43 bits per heavy atom. The summed E-state index contributed by atoms with van der Waals surface area (Å²) in [7, 11) is 1.63. The van der Waals surface area contributed by atoms with Crippen LogP contribution >= 0.6 is 12.2 Å². The SMILES string of the molecule is CCN1CCN(Cc2ccccc2CNC(=O)CCn2c(-c3ccc(OC)cc3)n[nH]c2=S)CC1. The van der Waals surface area contributed by atoms with E-state index in [-0.39, 0.29) is 5.91 Å². The molecule has 9 heteroatoms. The predicted octanol–water partition coefficient (Wildman–Crippen LogP) is 3.46. The number of nitrogens with zero attached hydrogens (tertiary/aromatic N) is 4. The first kappa shape index (κ1) is 25.1. The van der Waals surface area contributed by atoms with E-state index in [2.05, 4.69) is 50.4 Å². The first-order valence-corrected chi connectivity index (χ1v) is 12.6. The third-order valence-corrected chi connectivity index (χ3v) is 6.88. The molecule has 35 heavy (non-hydrogen) atoms. The molecule has 1 aliphatic rings. The Kier molecular flexibility index (Phi) is 8.68. The summed E-state index contributed by atoms with van der Waals surface area (Å²) in [4.78, 5) is 17.7. The smallest absolute Gasteiger partial charge is 0.222 e. The van der Waals surface area contributed by atoms with Crippen LogP contribution in [0.5, 0.6) is 5.75 Å². The van der Waals surface area contributed by atoms with Gasteiger partial charge in [0.05, 0.1) is 7.11 Å². The molecule has 1 amide bonds. The van der Waals surface area contributed by atoms with Crippen molar-refractivity contribution < 1.29 is 9.53 Å². The molecule has 0 bridgehead atoms. The molecule has 1 fully saturated rings. The zero-order valence-corrected chi connectivity index (χ0v) is 21.3. The summed E-state index contributed by atoms with van der Waals surface area (Å²) >= 11 is 5.41. The van der Waals surface area contributed by atoms with Gasteiger partial charge in [0.15, 0.2) is 10.6 Å². The van der Waals surface area contributed by atoms with Gasteiger partial charge in [0.2, 0.25) is 5.91 Å². The van der Waals surface area contributed by atoms with E-state index in [1.165, 1.54) is 5.56 Å². The summed E-state index contributed by atoms with van der Waals surface area (Å²) < 4.78 is 7.59. The quantitative estimate of drug-likeness (QED) is 0.421. The summed E-state index contributed by atoms with van der Waals surface area (Å²) in [6.07, 6.45) is 0.318. The van der Waals surface area contributed by atoms with Gasteiger partial charge < -0.3 is 15.0 Å². The minimum atomic E-state index is -0.0138. The number of hydrogen-bond donors (Lipinski definition) is 2. The fraction of sp³-hybridized carbons (Fsp3) is 0.423. The van der Waals surface area contributed by atoms with Gasteiger partial charge in [0.25, 0.3) is 0 Å². The third-order valence-electron chi connectivity index (χ3n) is 6.57.